The van der Waals surface area contributed by atoms with E-state index in [4.69, 9.17) is 11.1 Å². The fraction of sp³-hybridized carbons (Fsp3) is 0.553. The molecule has 3 atom stereocenters. The van der Waals surface area contributed by atoms with Crippen molar-refractivity contribution in [3.8, 4) is 11.3 Å². The third-order valence-electron chi connectivity index (χ3n) is 9.68. The van der Waals surface area contributed by atoms with Crippen LogP contribution in [0.5, 0.6) is 0 Å². The Morgan fingerprint density at radius 3 is 2.52 bits per heavy atom. The molecular weight excluding hydrogens is 629 g/mol. The van der Waals surface area contributed by atoms with Crippen LogP contribution in [0.1, 0.15) is 110 Å². The first kappa shape index (κ1) is 30.1. The molecule has 0 N–H and O–H groups in total. The summed E-state index contributed by atoms with van der Waals surface area (Å²) in [6.45, 7) is 18.5. The zero-order valence-electron chi connectivity index (χ0n) is 27.1. The Bertz CT molecular complexity index is 1510. The minimum absolute atomic E-state index is 0.0130. The average Bonchev–Trinajstić information content (AvgIpc) is 3.33. The molecule has 2 aliphatic heterocycles. The molecular formula is C38H50INO2. The van der Waals surface area contributed by atoms with E-state index < -0.39 is 20.6 Å². The second-order valence-corrected chi connectivity index (χ2v) is 19.4. The summed E-state index contributed by atoms with van der Waals surface area (Å²) in [5.74, 6) is 1.81. The van der Waals surface area contributed by atoms with Crippen LogP contribution in [0.15, 0.2) is 54.3 Å². The van der Waals surface area contributed by atoms with Gasteiger partial charge in [-0.25, -0.2) is 0 Å². The Kier molecular flexibility index (Phi) is 8.04. The maximum atomic E-state index is 7.15. The molecule has 226 valence electrons. The van der Waals surface area contributed by atoms with Crippen molar-refractivity contribution >= 4 is 31.6 Å². The number of fused-ring (bicyclic) bond motifs is 7. The number of alkyl halides is 1. The molecule has 0 amide bonds. The number of hydrogen-bond donors (Lipinski definition) is 0. The Hall–Kier alpha value is -1.92. The summed E-state index contributed by atoms with van der Waals surface area (Å²) in [6, 6.07) is 16.4. The Balaban J connectivity index is 1.53. The van der Waals surface area contributed by atoms with Gasteiger partial charge in [-0.05, 0) is 0 Å². The number of aromatic nitrogens is 1. The number of rotatable bonds is 2. The zero-order valence-corrected chi connectivity index (χ0v) is 29.2. The van der Waals surface area contributed by atoms with Crippen molar-refractivity contribution in [3.05, 3.63) is 76.6 Å². The van der Waals surface area contributed by atoms with Crippen molar-refractivity contribution in [2.24, 2.45) is 16.7 Å². The molecule has 0 spiro atoms. The molecule has 3 nitrogen and oxygen atoms in total. The Morgan fingerprint density at radius 1 is 0.976 bits per heavy atom. The van der Waals surface area contributed by atoms with Gasteiger partial charge in [0.25, 0.3) is 0 Å². The Morgan fingerprint density at radius 2 is 1.79 bits per heavy atom. The van der Waals surface area contributed by atoms with E-state index in [2.05, 4.69) is 104 Å². The summed E-state index contributed by atoms with van der Waals surface area (Å²) in [6.07, 6.45) is 11.6. The van der Waals surface area contributed by atoms with E-state index in [1.54, 1.807) is 0 Å². The monoisotopic (exact) mass is 679 g/mol. The van der Waals surface area contributed by atoms with Gasteiger partial charge < -0.3 is 0 Å². The van der Waals surface area contributed by atoms with Crippen LogP contribution in [0.2, 0.25) is 0 Å². The van der Waals surface area contributed by atoms with Gasteiger partial charge >= 0.3 is 264 Å². The predicted octanol–water partition coefficient (Wildman–Crippen LogP) is 11.1. The van der Waals surface area contributed by atoms with Crippen LogP contribution in [0.3, 0.4) is 0 Å². The van der Waals surface area contributed by atoms with Crippen molar-refractivity contribution in [3.63, 3.8) is 0 Å². The molecule has 6 bridgehead atoms. The second-order valence-electron chi connectivity index (χ2n) is 15.2. The van der Waals surface area contributed by atoms with Gasteiger partial charge in [0.1, 0.15) is 0 Å². The minimum atomic E-state index is -2.45. The van der Waals surface area contributed by atoms with Crippen molar-refractivity contribution in [1.82, 2.24) is 4.98 Å². The number of nitrogens with zero attached hydrogens (tertiary/aromatic N) is 1. The van der Waals surface area contributed by atoms with Gasteiger partial charge in [0.15, 0.2) is 0 Å². The van der Waals surface area contributed by atoms with E-state index >= 15 is 0 Å². The van der Waals surface area contributed by atoms with E-state index in [-0.39, 0.29) is 20.4 Å². The summed E-state index contributed by atoms with van der Waals surface area (Å²) in [5, 5.41) is 1.31. The van der Waals surface area contributed by atoms with Crippen molar-refractivity contribution < 1.29 is 6.13 Å². The molecule has 42 heavy (non-hydrogen) atoms. The fourth-order valence-electron chi connectivity index (χ4n) is 7.04. The number of benzene rings is 2. The van der Waals surface area contributed by atoms with Gasteiger partial charge in [0, 0.05) is 0 Å². The molecule has 0 saturated heterocycles. The van der Waals surface area contributed by atoms with Gasteiger partial charge in [-0.2, -0.15) is 0 Å². The van der Waals surface area contributed by atoms with Crippen LogP contribution < -0.4 is 0 Å². The molecule has 0 fully saturated rings. The van der Waals surface area contributed by atoms with Gasteiger partial charge in [-0.15, -0.1) is 0 Å². The number of halogens is 1. The normalized spacial score (nSPS) is 25.7. The van der Waals surface area contributed by atoms with Crippen LogP contribution in [0.4, 0.5) is 0 Å². The van der Waals surface area contributed by atoms with E-state index in [9.17, 15) is 0 Å². The van der Waals surface area contributed by atoms with Gasteiger partial charge in [0.2, 0.25) is 0 Å². The first-order valence-corrected chi connectivity index (χ1v) is 19.1. The number of hydrogen-bond acceptors (Lipinski definition) is 3. The van der Waals surface area contributed by atoms with Crippen LogP contribution in [0.25, 0.3) is 22.2 Å². The van der Waals surface area contributed by atoms with E-state index in [0.717, 1.165) is 49.1 Å². The Labute approximate surface area is 262 Å². The van der Waals surface area contributed by atoms with Crippen molar-refractivity contribution in [2.75, 3.05) is 0 Å². The van der Waals surface area contributed by atoms with Crippen LogP contribution in [-0.4, -0.2) is 11.1 Å². The molecule has 3 unspecified atom stereocenters. The summed E-state index contributed by atoms with van der Waals surface area (Å²) < 4.78 is 14.2. The van der Waals surface area contributed by atoms with Crippen molar-refractivity contribution in [2.45, 2.75) is 116 Å². The average molecular weight is 680 g/mol. The van der Waals surface area contributed by atoms with Crippen LogP contribution >= 0.6 is 20.6 Å². The van der Waals surface area contributed by atoms with Gasteiger partial charge in [0.05, 0.1) is 0 Å². The molecule has 3 aromatic rings. The maximum absolute atomic E-state index is 7.15. The summed E-state index contributed by atoms with van der Waals surface area (Å²) in [4.78, 5) is 5.39. The topological polar surface area (TPSA) is 31.4 Å². The predicted molar refractivity (Wildman–Crippen MR) is 185 cm³/mol. The summed E-state index contributed by atoms with van der Waals surface area (Å²) >= 11 is -2.45. The van der Waals surface area contributed by atoms with Gasteiger partial charge in [-0.1, -0.05) is 0 Å². The number of aryl methyl sites for hydroxylation is 2. The van der Waals surface area contributed by atoms with Crippen molar-refractivity contribution in [1.29, 1.82) is 0 Å². The molecule has 1 aromatic heterocycles. The fourth-order valence-corrected chi connectivity index (χ4v) is 13.1. The molecule has 0 saturated carbocycles. The third kappa shape index (κ3) is 5.56. The molecule has 0 radical (unpaired) electrons. The van der Waals surface area contributed by atoms with Gasteiger partial charge in [-0.3, -0.25) is 0 Å². The molecule has 7 rings (SSSR count). The first-order chi connectivity index (χ1) is 19.9. The second kappa shape index (κ2) is 11.2. The van der Waals surface area contributed by atoms with Crippen LogP contribution in [-0.2, 0) is 28.8 Å². The quantitative estimate of drug-likeness (QED) is 0.200. The zero-order chi connectivity index (χ0) is 29.9. The summed E-state index contributed by atoms with van der Waals surface area (Å²) in [7, 11) is 0. The standard InChI is InChI=1S/C38H50INO2/c1-9-38(39-41-33(36(3,4)5)24-34(42-39)37(6,7)8)20-19-28-22-26-14-11-10-13-25(2)21-27-15-12-16-31-29(27)17-18-32(40-31)30(23-26)35(28)38/h12,15-18,22-25,33H,9-11,13-14,19-21H2,1-8H3. The van der Waals surface area contributed by atoms with E-state index in [1.807, 2.05) is 0 Å². The molecule has 4 aliphatic rings. The molecule has 2 aliphatic carbocycles. The summed E-state index contributed by atoms with van der Waals surface area (Å²) in [5.41, 5.74) is 9.39. The first-order valence-electron chi connectivity index (χ1n) is 16.2. The molecule has 2 aromatic carbocycles. The molecule has 3 heterocycles. The molecule has 4 heteroatoms. The number of pyridine rings is 1. The van der Waals surface area contributed by atoms with E-state index in [1.165, 1.54) is 52.5 Å². The number of allylic oxidation sites excluding steroid dienone is 1. The third-order valence-corrected chi connectivity index (χ3v) is 15.1. The van der Waals surface area contributed by atoms with E-state index in [0.29, 0.717) is 5.92 Å². The SMILES string of the molecule is CCC1(I2OC(C(C)(C)C)=CC(C(C)(C)C)O2)CCc2cc3cc(c21)-c1ccc2c(cccc2n1)CC(C)CCCC3. The van der Waals surface area contributed by atoms with Crippen LogP contribution in [0, 0.1) is 16.7 Å².